The predicted octanol–water partition coefficient (Wildman–Crippen LogP) is 3.39. The van der Waals surface area contributed by atoms with Crippen LogP contribution < -0.4 is 0 Å². The van der Waals surface area contributed by atoms with Crippen molar-refractivity contribution < 1.29 is 4.79 Å². The van der Waals surface area contributed by atoms with E-state index in [1.54, 1.807) is 23.0 Å². The molecule has 0 atom stereocenters. The average Bonchev–Trinajstić information content (AvgIpc) is 2.90. The molecule has 0 saturated carbocycles. The molecule has 92 valence electrons. The topological polar surface area (TPSA) is 34.9 Å². The first-order valence-electron chi connectivity index (χ1n) is 6.04. The Bertz CT molecular complexity index is 742. The van der Waals surface area contributed by atoms with E-state index in [2.05, 4.69) is 4.98 Å². The number of fused-ring (bicyclic) bond motifs is 1. The molecule has 1 aromatic heterocycles. The van der Waals surface area contributed by atoms with E-state index in [1.807, 2.05) is 54.6 Å². The lowest BCUT2D eigenvalue weighted by Crippen LogP contribution is -2.04. The van der Waals surface area contributed by atoms with Crippen LogP contribution in [0.1, 0.15) is 10.4 Å². The molecule has 0 bridgehead atoms. The molecule has 0 aliphatic heterocycles. The molecule has 0 spiro atoms. The highest BCUT2D eigenvalue weighted by Gasteiger charge is 2.05. The van der Waals surface area contributed by atoms with E-state index >= 15 is 0 Å². The third kappa shape index (κ3) is 2.31. The van der Waals surface area contributed by atoms with Crippen LogP contribution in [-0.4, -0.2) is 15.5 Å². The lowest BCUT2D eigenvalue weighted by molar-refractivity contribution is 0.0974. The molecule has 0 N–H and O–H groups in total. The SMILES string of the molecule is O=C(C=Cc1ccccc1)n1cnc2ccccc21. The summed E-state index contributed by atoms with van der Waals surface area (Å²) in [5, 5.41) is 0. The van der Waals surface area contributed by atoms with E-state index < -0.39 is 0 Å². The molecule has 0 unspecified atom stereocenters. The standard InChI is InChI=1S/C16H12N2O/c19-16(11-10-13-6-2-1-3-7-13)18-12-17-14-8-4-5-9-15(14)18/h1-12H. The van der Waals surface area contributed by atoms with E-state index in [1.165, 1.54) is 0 Å². The summed E-state index contributed by atoms with van der Waals surface area (Å²) < 4.78 is 1.55. The molecular weight excluding hydrogens is 236 g/mol. The van der Waals surface area contributed by atoms with Crippen molar-refractivity contribution in [1.29, 1.82) is 0 Å². The van der Waals surface area contributed by atoms with Crippen molar-refractivity contribution >= 4 is 23.0 Å². The van der Waals surface area contributed by atoms with Crippen LogP contribution in [0.4, 0.5) is 0 Å². The van der Waals surface area contributed by atoms with Crippen molar-refractivity contribution in [3.63, 3.8) is 0 Å². The maximum atomic E-state index is 12.1. The van der Waals surface area contributed by atoms with E-state index in [0.717, 1.165) is 16.6 Å². The quantitative estimate of drug-likeness (QED) is 0.651. The van der Waals surface area contributed by atoms with Gasteiger partial charge < -0.3 is 0 Å². The number of carbonyl (C=O) groups is 1. The number of aromatic nitrogens is 2. The Hall–Kier alpha value is -2.68. The van der Waals surface area contributed by atoms with Crippen LogP contribution in [0, 0.1) is 0 Å². The minimum atomic E-state index is -0.0995. The minimum absolute atomic E-state index is 0.0995. The van der Waals surface area contributed by atoms with Gasteiger partial charge in [-0.15, -0.1) is 0 Å². The molecule has 3 aromatic rings. The van der Waals surface area contributed by atoms with Gasteiger partial charge in [-0.25, -0.2) is 4.98 Å². The Balaban J connectivity index is 1.91. The molecule has 0 amide bonds. The van der Waals surface area contributed by atoms with Gasteiger partial charge in [0.1, 0.15) is 6.33 Å². The van der Waals surface area contributed by atoms with Crippen molar-refractivity contribution in [2.24, 2.45) is 0 Å². The summed E-state index contributed by atoms with van der Waals surface area (Å²) in [5.74, 6) is -0.0995. The molecule has 19 heavy (non-hydrogen) atoms. The highest BCUT2D eigenvalue weighted by Crippen LogP contribution is 2.12. The zero-order chi connectivity index (χ0) is 13.1. The Morgan fingerprint density at radius 1 is 1.00 bits per heavy atom. The number of rotatable bonds is 2. The number of hydrogen-bond donors (Lipinski definition) is 0. The number of para-hydroxylation sites is 2. The van der Waals surface area contributed by atoms with Gasteiger partial charge in [-0.05, 0) is 23.8 Å². The van der Waals surface area contributed by atoms with Crippen LogP contribution in [0.3, 0.4) is 0 Å². The largest absolute Gasteiger partial charge is 0.269 e. The van der Waals surface area contributed by atoms with Crippen LogP contribution in [0.2, 0.25) is 0 Å². The van der Waals surface area contributed by atoms with Gasteiger partial charge >= 0.3 is 0 Å². The van der Waals surface area contributed by atoms with Crippen molar-refractivity contribution in [2.45, 2.75) is 0 Å². The molecule has 3 heteroatoms. The van der Waals surface area contributed by atoms with Crippen molar-refractivity contribution in [1.82, 2.24) is 9.55 Å². The number of allylic oxidation sites excluding steroid dienone is 1. The van der Waals surface area contributed by atoms with Gasteiger partial charge in [-0.3, -0.25) is 9.36 Å². The second-order valence-electron chi connectivity index (χ2n) is 4.19. The molecule has 3 rings (SSSR count). The monoisotopic (exact) mass is 248 g/mol. The highest BCUT2D eigenvalue weighted by atomic mass is 16.1. The van der Waals surface area contributed by atoms with Gasteiger partial charge in [-0.2, -0.15) is 0 Å². The number of imidazole rings is 1. The maximum Gasteiger partial charge on any atom is 0.256 e. The van der Waals surface area contributed by atoms with Crippen LogP contribution in [0.25, 0.3) is 17.1 Å². The number of hydrogen-bond acceptors (Lipinski definition) is 2. The molecule has 2 aromatic carbocycles. The van der Waals surface area contributed by atoms with Crippen LogP contribution in [0.15, 0.2) is 67.0 Å². The normalized spacial score (nSPS) is 11.2. The molecule has 0 fully saturated rings. The molecule has 0 aliphatic rings. The van der Waals surface area contributed by atoms with E-state index in [4.69, 9.17) is 0 Å². The summed E-state index contributed by atoms with van der Waals surface area (Å²) in [7, 11) is 0. The highest BCUT2D eigenvalue weighted by molar-refractivity contribution is 5.99. The van der Waals surface area contributed by atoms with E-state index in [9.17, 15) is 4.79 Å². The fraction of sp³-hybridized carbons (Fsp3) is 0. The molecule has 0 aliphatic carbocycles. The Labute approximate surface area is 110 Å². The van der Waals surface area contributed by atoms with Gasteiger partial charge in [0.15, 0.2) is 0 Å². The molecule has 1 heterocycles. The maximum absolute atomic E-state index is 12.1. The zero-order valence-electron chi connectivity index (χ0n) is 10.2. The van der Waals surface area contributed by atoms with E-state index in [-0.39, 0.29) is 5.91 Å². The van der Waals surface area contributed by atoms with Gasteiger partial charge in [0.25, 0.3) is 5.91 Å². The van der Waals surface area contributed by atoms with Crippen LogP contribution in [0.5, 0.6) is 0 Å². The summed E-state index contributed by atoms with van der Waals surface area (Å²) in [6.45, 7) is 0. The third-order valence-corrected chi connectivity index (χ3v) is 2.91. The lowest BCUT2D eigenvalue weighted by atomic mass is 10.2. The second kappa shape index (κ2) is 4.90. The first kappa shape index (κ1) is 11.4. The summed E-state index contributed by atoms with van der Waals surface area (Å²) in [4.78, 5) is 16.3. The molecule has 0 radical (unpaired) electrons. The van der Waals surface area contributed by atoms with Gasteiger partial charge in [-0.1, -0.05) is 42.5 Å². The Morgan fingerprint density at radius 2 is 1.74 bits per heavy atom. The molecule has 0 saturated heterocycles. The zero-order valence-corrected chi connectivity index (χ0v) is 10.2. The number of nitrogens with zero attached hydrogens (tertiary/aromatic N) is 2. The van der Waals surface area contributed by atoms with Crippen LogP contribution >= 0.6 is 0 Å². The van der Waals surface area contributed by atoms with Crippen LogP contribution in [-0.2, 0) is 0 Å². The third-order valence-electron chi connectivity index (χ3n) is 2.91. The van der Waals surface area contributed by atoms with Gasteiger partial charge in [0.2, 0.25) is 0 Å². The number of benzene rings is 2. The fourth-order valence-corrected chi connectivity index (χ4v) is 1.95. The Morgan fingerprint density at radius 3 is 2.58 bits per heavy atom. The van der Waals surface area contributed by atoms with E-state index in [0.29, 0.717) is 0 Å². The minimum Gasteiger partial charge on any atom is -0.269 e. The first-order chi connectivity index (χ1) is 9.34. The van der Waals surface area contributed by atoms with Gasteiger partial charge in [0.05, 0.1) is 11.0 Å². The summed E-state index contributed by atoms with van der Waals surface area (Å²) in [6.07, 6.45) is 4.92. The van der Waals surface area contributed by atoms with Gasteiger partial charge in [0, 0.05) is 6.08 Å². The summed E-state index contributed by atoms with van der Waals surface area (Å²) >= 11 is 0. The lowest BCUT2D eigenvalue weighted by Gasteiger charge is -1.98. The van der Waals surface area contributed by atoms with Crippen molar-refractivity contribution in [2.75, 3.05) is 0 Å². The molecular formula is C16H12N2O. The second-order valence-corrected chi connectivity index (χ2v) is 4.19. The Kier molecular flexibility index (Phi) is 2.94. The fourth-order valence-electron chi connectivity index (χ4n) is 1.95. The van der Waals surface area contributed by atoms with Crippen molar-refractivity contribution in [3.8, 4) is 0 Å². The summed E-state index contributed by atoms with van der Waals surface area (Å²) in [6, 6.07) is 17.3. The summed E-state index contributed by atoms with van der Waals surface area (Å²) in [5.41, 5.74) is 2.65. The molecule has 3 nitrogen and oxygen atoms in total. The average molecular weight is 248 g/mol. The predicted molar refractivity (Wildman–Crippen MR) is 75.8 cm³/mol. The smallest absolute Gasteiger partial charge is 0.256 e. The first-order valence-corrected chi connectivity index (χ1v) is 6.04. The number of carbonyl (C=O) groups excluding carboxylic acids is 1. The van der Waals surface area contributed by atoms with Crippen molar-refractivity contribution in [3.05, 3.63) is 72.6 Å².